The molecule has 1 aliphatic rings. The lowest BCUT2D eigenvalue weighted by atomic mass is 9.97. The van der Waals surface area contributed by atoms with Gasteiger partial charge in [-0.2, -0.15) is 5.10 Å². The minimum absolute atomic E-state index is 0.262. The summed E-state index contributed by atoms with van der Waals surface area (Å²) in [5.41, 5.74) is 0. The van der Waals surface area contributed by atoms with Crippen molar-refractivity contribution < 1.29 is 5.11 Å². The molecule has 1 heterocycles. The average molecular weight is 237 g/mol. The van der Waals surface area contributed by atoms with Gasteiger partial charge in [0.2, 0.25) is 0 Å². The van der Waals surface area contributed by atoms with Crippen LogP contribution in [0.15, 0.2) is 6.33 Å². The van der Waals surface area contributed by atoms with Crippen molar-refractivity contribution in [3.05, 3.63) is 12.2 Å². The van der Waals surface area contributed by atoms with Crippen molar-refractivity contribution in [3.8, 4) is 0 Å². The van der Waals surface area contributed by atoms with Crippen LogP contribution in [-0.2, 0) is 6.42 Å². The highest BCUT2D eigenvalue weighted by atomic mass is 16.3. The molecule has 4 nitrogen and oxygen atoms in total. The molecule has 0 aliphatic heterocycles. The van der Waals surface area contributed by atoms with E-state index < -0.39 is 0 Å². The number of nitrogens with zero attached hydrogens (tertiary/aromatic N) is 3. The lowest BCUT2D eigenvalue weighted by molar-refractivity contribution is 0.105. The van der Waals surface area contributed by atoms with Gasteiger partial charge in [-0.3, -0.25) is 0 Å². The van der Waals surface area contributed by atoms with Crippen molar-refractivity contribution in [1.29, 1.82) is 0 Å². The van der Waals surface area contributed by atoms with Gasteiger partial charge in [0.15, 0.2) is 0 Å². The Balaban J connectivity index is 1.98. The Labute approximate surface area is 103 Å². The summed E-state index contributed by atoms with van der Waals surface area (Å²) in [7, 11) is 0. The number of aromatic nitrogens is 3. The maximum atomic E-state index is 10.3. The highest BCUT2D eigenvalue weighted by Gasteiger charge is 2.28. The summed E-state index contributed by atoms with van der Waals surface area (Å²) in [5, 5.41) is 14.5. The predicted octanol–water partition coefficient (Wildman–Crippen LogP) is 2.20. The van der Waals surface area contributed by atoms with Crippen molar-refractivity contribution in [3.63, 3.8) is 0 Å². The van der Waals surface area contributed by atoms with Crippen molar-refractivity contribution in [1.82, 2.24) is 14.8 Å². The Morgan fingerprint density at radius 2 is 2.24 bits per heavy atom. The largest absolute Gasteiger partial charge is 0.392 e. The second-order valence-electron chi connectivity index (χ2n) is 5.66. The molecular weight excluding hydrogens is 214 g/mol. The number of hydrogen-bond acceptors (Lipinski definition) is 3. The number of hydrogen-bond donors (Lipinski definition) is 1. The van der Waals surface area contributed by atoms with Crippen LogP contribution in [-0.4, -0.2) is 26.0 Å². The van der Waals surface area contributed by atoms with Gasteiger partial charge in [-0.1, -0.05) is 13.3 Å². The lowest BCUT2D eigenvalue weighted by Crippen LogP contribution is -2.23. The quantitative estimate of drug-likeness (QED) is 0.873. The highest BCUT2D eigenvalue weighted by molar-refractivity contribution is 4.92. The molecule has 4 heteroatoms. The molecule has 0 amide bonds. The molecule has 96 valence electrons. The van der Waals surface area contributed by atoms with E-state index in [1.165, 1.54) is 6.42 Å². The fourth-order valence-electron chi connectivity index (χ4n) is 2.81. The van der Waals surface area contributed by atoms with Crippen molar-refractivity contribution in [2.75, 3.05) is 0 Å². The molecule has 3 unspecified atom stereocenters. The average Bonchev–Trinajstić information content (AvgIpc) is 2.86. The SMILES string of the molecule is CC1CCC(C(O)Cc2ncnn2C(C)C)C1. The zero-order valence-corrected chi connectivity index (χ0v) is 11.0. The normalized spacial score (nSPS) is 26.6. The zero-order valence-electron chi connectivity index (χ0n) is 11.0. The fraction of sp³-hybridized carbons (Fsp3) is 0.846. The van der Waals surface area contributed by atoms with Gasteiger partial charge in [-0.25, -0.2) is 9.67 Å². The van der Waals surface area contributed by atoms with Gasteiger partial charge < -0.3 is 5.11 Å². The first-order valence-electron chi connectivity index (χ1n) is 6.64. The first-order valence-corrected chi connectivity index (χ1v) is 6.64. The molecule has 0 radical (unpaired) electrons. The first kappa shape index (κ1) is 12.6. The summed E-state index contributed by atoms with van der Waals surface area (Å²) < 4.78 is 1.90. The molecule has 0 saturated heterocycles. The van der Waals surface area contributed by atoms with E-state index in [1.807, 2.05) is 4.68 Å². The zero-order chi connectivity index (χ0) is 12.4. The van der Waals surface area contributed by atoms with Crippen molar-refractivity contribution >= 4 is 0 Å². The monoisotopic (exact) mass is 237 g/mol. The highest BCUT2D eigenvalue weighted by Crippen LogP contribution is 2.33. The maximum absolute atomic E-state index is 10.3. The first-order chi connectivity index (χ1) is 8.08. The van der Waals surface area contributed by atoms with E-state index in [1.54, 1.807) is 6.33 Å². The van der Waals surface area contributed by atoms with Crippen LogP contribution in [0, 0.1) is 11.8 Å². The molecule has 0 spiro atoms. The van der Waals surface area contributed by atoms with Gasteiger partial charge in [0.25, 0.3) is 0 Å². The van der Waals surface area contributed by atoms with E-state index in [0.717, 1.165) is 24.6 Å². The summed E-state index contributed by atoms with van der Waals surface area (Å²) in [6.07, 6.45) is 5.50. The molecule has 1 saturated carbocycles. The Morgan fingerprint density at radius 3 is 2.82 bits per heavy atom. The van der Waals surface area contributed by atoms with E-state index in [9.17, 15) is 5.11 Å². The second kappa shape index (κ2) is 5.17. The van der Waals surface area contributed by atoms with Crippen LogP contribution >= 0.6 is 0 Å². The molecule has 0 aromatic carbocycles. The third-order valence-corrected chi connectivity index (χ3v) is 3.81. The summed E-state index contributed by atoms with van der Waals surface area (Å²) in [5.74, 6) is 2.12. The molecule has 2 rings (SSSR count). The van der Waals surface area contributed by atoms with Crippen LogP contribution in [0.4, 0.5) is 0 Å². The van der Waals surface area contributed by atoms with Crippen molar-refractivity contribution in [2.45, 2.75) is 58.6 Å². The third-order valence-electron chi connectivity index (χ3n) is 3.81. The molecule has 17 heavy (non-hydrogen) atoms. The van der Waals surface area contributed by atoms with E-state index in [0.29, 0.717) is 18.4 Å². The molecule has 1 aliphatic carbocycles. The smallest absolute Gasteiger partial charge is 0.138 e. The van der Waals surface area contributed by atoms with E-state index in [-0.39, 0.29) is 6.10 Å². The van der Waals surface area contributed by atoms with E-state index in [4.69, 9.17) is 0 Å². The summed E-state index contributed by atoms with van der Waals surface area (Å²) in [6, 6.07) is 0.308. The number of rotatable bonds is 4. The van der Waals surface area contributed by atoms with Crippen LogP contribution in [0.2, 0.25) is 0 Å². The van der Waals surface area contributed by atoms with Gasteiger partial charge >= 0.3 is 0 Å². The molecule has 1 aromatic rings. The number of aliphatic hydroxyl groups is 1. The van der Waals surface area contributed by atoms with Crippen LogP contribution in [0.3, 0.4) is 0 Å². The summed E-state index contributed by atoms with van der Waals surface area (Å²) in [4.78, 5) is 4.26. The minimum Gasteiger partial charge on any atom is -0.392 e. The van der Waals surface area contributed by atoms with Gasteiger partial charge in [0, 0.05) is 12.5 Å². The third kappa shape index (κ3) is 2.86. The van der Waals surface area contributed by atoms with Gasteiger partial charge in [0.1, 0.15) is 12.2 Å². The van der Waals surface area contributed by atoms with Gasteiger partial charge in [-0.05, 0) is 38.5 Å². The Bertz CT molecular complexity index is 361. The van der Waals surface area contributed by atoms with Crippen LogP contribution in [0.25, 0.3) is 0 Å². The Kier molecular flexibility index (Phi) is 3.82. The summed E-state index contributed by atoms with van der Waals surface area (Å²) >= 11 is 0. The molecule has 0 bridgehead atoms. The van der Waals surface area contributed by atoms with Gasteiger partial charge in [-0.15, -0.1) is 0 Å². The standard InChI is InChI=1S/C13H23N3O/c1-9(2)16-13(14-8-15-16)7-12(17)11-5-4-10(3)6-11/h8-12,17H,4-7H2,1-3H3. The van der Waals surface area contributed by atoms with Gasteiger partial charge in [0.05, 0.1) is 6.10 Å². The molecule has 3 atom stereocenters. The Hall–Kier alpha value is -0.900. The second-order valence-corrected chi connectivity index (χ2v) is 5.66. The topological polar surface area (TPSA) is 50.9 Å². The lowest BCUT2D eigenvalue weighted by Gasteiger charge is -2.18. The molecule has 1 aromatic heterocycles. The van der Waals surface area contributed by atoms with Crippen molar-refractivity contribution in [2.24, 2.45) is 11.8 Å². The number of aliphatic hydroxyl groups excluding tert-OH is 1. The molecular formula is C13H23N3O. The maximum Gasteiger partial charge on any atom is 0.138 e. The van der Waals surface area contributed by atoms with Crippen LogP contribution in [0.1, 0.15) is 51.9 Å². The van der Waals surface area contributed by atoms with E-state index in [2.05, 4.69) is 30.9 Å². The summed E-state index contributed by atoms with van der Waals surface area (Å²) in [6.45, 7) is 6.44. The van der Waals surface area contributed by atoms with Crippen LogP contribution in [0.5, 0.6) is 0 Å². The van der Waals surface area contributed by atoms with E-state index >= 15 is 0 Å². The molecule has 1 fully saturated rings. The minimum atomic E-state index is -0.262. The Morgan fingerprint density at radius 1 is 1.47 bits per heavy atom. The van der Waals surface area contributed by atoms with Crippen LogP contribution < -0.4 is 0 Å². The predicted molar refractivity (Wildman–Crippen MR) is 66.6 cm³/mol. The molecule has 1 N–H and O–H groups in total. The fourth-order valence-corrected chi connectivity index (χ4v) is 2.81.